The zero-order chi connectivity index (χ0) is 21.6. The first-order valence-corrected chi connectivity index (χ1v) is 9.87. The number of ether oxygens (including phenoxy) is 3. The molecule has 2 aromatic rings. The van der Waals surface area contributed by atoms with E-state index in [0.29, 0.717) is 12.2 Å². The van der Waals surface area contributed by atoms with Crippen molar-refractivity contribution in [3.63, 3.8) is 0 Å². The summed E-state index contributed by atoms with van der Waals surface area (Å²) in [6.45, 7) is 7.50. The van der Waals surface area contributed by atoms with E-state index in [1.165, 1.54) is 6.92 Å². The second-order valence-electron chi connectivity index (χ2n) is 8.07. The second kappa shape index (κ2) is 9.78. The van der Waals surface area contributed by atoms with E-state index in [9.17, 15) is 9.59 Å². The van der Waals surface area contributed by atoms with Crippen LogP contribution in [-0.4, -0.2) is 54.4 Å². The van der Waals surface area contributed by atoms with Crippen molar-refractivity contribution in [2.75, 3.05) is 20.6 Å². The topological polar surface area (TPSA) is 80.9 Å². The van der Waals surface area contributed by atoms with Gasteiger partial charge in [-0.1, -0.05) is 6.07 Å². The van der Waals surface area contributed by atoms with Gasteiger partial charge in [-0.15, -0.1) is 0 Å². The lowest BCUT2D eigenvalue weighted by atomic mass is 10.0. The Bertz CT molecular complexity index is 841. The van der Waals surface area contributed by atoms with Crippen molar-refractivity contribution in [1.82, 2.24) is 9.88 Å². The predicted octanol–water partition coefficient (Wildman–Crippen LogP) is 3.66. The fourth-order valence-electron chi connectivity index (χ4n) is 3.15. The number of rotatable bonds is 10. The van der Waals surface area contributed by atoms with Gasteiger partial charge in [0.05, 0.1) is 0 Å². The molecular formula is C22H32N2O5. The molecule has 0 bridgehead atoms. The molecule has 1 aromatic heterocycles. The number of nitrogens with zero attached hydrogens (tertiary/aromatic N) is 1. The molecule has 1 N–H and O–H groups in total. The van der Waals surface area contributed by atoms with Gasteiger partial charge in [-0.3, -0.25) is 9.59 Å². The van der Waals surface area contributed by atoms with Gasteiger partial charge in [0.15, 0.2) is 0 Å². The van der Waals surface area contributed by atoms with E-state index in [-0.39, 0.29) is 12.4 Å². The lowest BCUT2D eigenvalue weighted by Crippen LogP contribution is -2.29. The smallest absolute Gasteiger partial charge is 0.309 e. The Morgan fingerprint density at radius 2 is 1.97 bits per heavy atom. The van der Waals surface area contributed by atoms with Gasteiger partial charge in [0.2, 0.25) is 6.29 Å². The molecule has 0 aliphatic rings. The molecule has 7 heteroatoms. The van der Waals surface area contributed by atoms with Gasteiger partial charge < -0.3 is 24.1 Å². The number of likely N-dealkylation sites (N-methyl/N-ethyl adjacent to an activating group) is 1. The molecule has 1 unspecified atom stereocenters. The van der Waals surface area contributed by atoms with E-state index in [2.05, 4.69) is 9.88 Å². The van der Waals surface area contributed by atoms with Crippen LogP contribution < -0.4 is 4.74 Å². The molecule has 0 fully saturated rings. The van der Waals surface area contributed by atoms with Crippen LogP contribution in [-0.2, 0) is 25.5 Å². The third-order valence-corrected chi connectivity index (χ3v) is 4.52. The Balaban J connectivity index is 1.98. The van der Waals surface area contributed by atoms with Crippen molar-refractivity contribution in [3.05, 3.63) is 30.0 Å². The highest BCUT2D eigenvalue weighted by molar-refractivity contribution is 5.89. The molecule has 1 atom stereocenters. The number of hydrogen-bond acceptors (Lipinski definition) is 6. The molecule has 0 aliphatic carbocycles. The quantitative estimate of drug-likeness (QED) is 0.481. The third-order valence-electron chi connectivity index (χ3n) is 4.52. The molecule has 0 spiro atoms. The Labute approximate surface area is 172 Å². The Morgan fingerprint density at radius 1 is 1.24 bits per heavy atom. The van der Waals surface area contributed by atoms with Gasteiger partial charge in [0.1, 0.15) is 11.4 Å². The number of H-pyrrole nitrogens is 1. The lowest BCUT2D eigenvalue weighted by Gasteiger charge is -2.24. The first-order valence-electron chi connectivity index (χ1n) is 9.87. The number of benzene rings is 1. The van der Waals surface area contributed by atoms with Crippen LogP contribution in [0, 0.1) is 0 Å². The Morgan fingerprint density at radius 3 is 2.62 bits per heavy atom. The van der Waals surface area contributed by atoms with Crippen LogP contribution in [0.5, 0.6) is 5.75 Å². The SMILES string of the molecule is CC(=O)OC(C)(C)CCC(=O)OC(C)Oc1cccc2[nH]cc(CCN(C)C)c12. The van der Waals surface area contributed by atoms with E-state index < -0.39 is 17.9 Å². The summed E-state index contributed by atoms with van der Waals surface area (Å²) in [5, 5.41) is 1.01. The maximum atomic E-state index is 12.2. The summed E-state index contributed by atoms with van der Waals surface area (Å²) < 4.78 is 16.5. The minimum Gasteiger partial charge on any atom is -0.460 e. The van der Waals surface area contributed by atoms with Gasteiger partial charge >= 0.3 is 11.9 Å². The maximum absolute atomic E-state index is 12.2. The van der Waals surface area contributed by atoms with Crippen LogP contribution in [0.25, 0.3) is 10.9 Å². The van der Waals surface area contributed by atoms with Crippen LogP contribution in [0.2, 0.25) is 0 Å². The first-order chi connectivity index (χ1) is 13.6. The number of carbonyl (C=O) groups is 2. The van der Waals surface area contributed by atoms with E-state index in [0.717, 1.165) is 29.4 Å². The molecule has 160 valence electrons. The zero-order valence-corrected chi connectivity index (χ0v) is 18.2. The number of aromatic nitrogens is 1. The van der Waals surface area contributed by atoms with E-state index in [4.69, 9.17) is 14.2 Å². The van der Waals surface area contributed by atoms with Crippen LogP contribution >= 0.6 is 0 Å². The number of esters is 2. The summed E-state index contributed by atoms with van der Waals surface area (Å²) in [6.07, 6.45) is 2.65. The largest absolute Gasteiger partial charge is 0.460 e. The number of carbonyl (C=O) groups excluding carboxylic acids is 2. The van der Waals surface area contributed by atoms with E-state index >= 15 is 0 Å². The van der Waals surface area contributed by atoms with Crippen molar-refractivity contribution >= 4 is 22.8 Å². The molecule has 29 heavy (non-hydrogen) atoms. The van der Waals surface area contributed by atoms with Crippen molar-refractivity contribution < 1.29 is 23.8 Å². The van der Waals surface area contributed by atoms with Crippen LogP contribution in [0.4, 0.5) is 0 Å². The molecule has 7 nitrogen and oxygen atoms in total. The summed E-state index contributed by atoms with van der Waals surface area (Å²) in [4.78, 5) is 28.7. The molecule has 0 amide bonds. The molecule has 1 aromatic carbocycles. The monoisotopic (exact) mass is 404 g/mol. The number of nitrogens with one attached hydrogen (secondary N) is 1. The van der Waals surface area contributed by atoms with Gasteiger partial charge in [-0.05, 0) is 58.5 Å². The normalized spacial score (nSPS) is 12.8. The molecule has 1 heterocycles. The fraction of sp³-hybridized carbons (Fsp3) is 0.545. The Hall–Kier alpha value is -2.54. The van der Waals surface area contributed by atoms with Crippen molar-refractivity contribution in [2.45, 2.75) is 58.8 Å². The summed E-state index contributed by atoms with van der Waals surface area (Å²) in [7, 11) is 4.08. The van der Waals surface area contributed by atoms with Crippen LogP contribution in [0.3, 0.4) is 0 Å². The third kappa shape index (κ3) is 7.09. The van der Waals surface area contributed by atoms with E-state index in [1.807, 2.05) is 38.5 Å². The predicted molar refractivity (Wildman–Crippen MR) is 112 cm³/mol. The molecule has 0 aliphatic heterocycles. The van der Waals surface area contributed by atoms with Gasteiger partial charge in [-0.25, -0.2) is 0 Å². The van der Waals surface area contributed by atoms with Crippen LogP contribution in [0.1, 0.15) is 46.1 Å². The second-order valence-corrected chi connectivity index (χ2v) is 8.07. The molecule has 0 saturated carbocycles. The van der Waals surface area contributed by atoms with Gasteiger partial charge in [-0.2, -0.15) is 0 Å². The highest BCUT2D eigenvalue weighted by Gasteiger charge is 2.24. The maximum Gasteiger partial charge on any atom is 0.309 e. The number of aromatic amines is 1. The molecule has 0 radical (unpaired) electrons. The summed E-state index contributed by atoms with van der Waals surface area (Å²) in [5.41, 5.74) is 1.43. The minimum atomic E-state index is -0.735. The van der Waals surface area contributed by atoms with Gasteiger partial charge in [0, 0.05) is 43.9 Å². The summed E-state index contributed by atoms with van der Waals surface area (Å²) >= 11 is 0. The average molecular weight is 405 g/mol. The summed E-state index contributed by atoms with van der Waals surface area (Å²) in [5.74, 6) is -0.0883. The number of hydrogen-bond donors (Lipinski definition) is 1. The summed E-state index contributed by atoms with van der Waals surface area (Å²) in [6, 6.07) is 5.78. The molecule has 0 saturated heterocycles. The standard InChI is InChI=1S/C22H32N2O5/c1-15(25)29-22(3,4)12-10-20(26)28-16(2)27-19-9-7-8-18-21(19)17(14-23-18)11-13-24(5)6/h7-9,14,16,23H,10-13H2,1-6H3. The zero-order valence-electron chi connectivity index (χ0n) is 18.2. The highest BCUT2D eigenvalue weighted by Crippen LogP contribution is 2.30. The minimum absolute atomic E-state index is 0.135. The van der Waals surface area contributed by atoms with E-state index in [1.54, 1.807) is 20.8 Å². The first kappa shape index (κ1) is 22.7. The lowest BCUT2D eigenvalue weighted by molar-refractivity contribution is -0.165. The van der Waals surface area contributed by atoms with Crippen LogP contribution in [0.15, 0.2) is 24.4 Å². The van der Waals surface area contributed by atoms with Crippen molar-refractivity contribution in [2.24, 2.45) is 0 Å². The fourth-order valence-corrected chi connectivity index (χ4v) is 3.15. The Kier molecular flexibility index (Phi) is 7.67. The number of fused-ring (bicyclic) bond motifs is 1. The van der Waals surface area contributed by atoms with Crippen molar-refractivity contribution in [1.29, 1.82) is 0 Å². The van der Waals surface area contributed by atoms with Crippen molar-refractivity contribution in [3.8, 4) is 5.75 Å². The molecular weight excluding hydrogens is 372 g/mol. The highest BCUT2D eigenvalue weighted by atomic mass is 16.7. The molecule has 2 rings (SSSR count). The average Bonchev–Trinajstić information content (AvgIpc) is 3.01. The van der Waals surface area contributed by atoms with Gasteiger partial charge in [0.25, 0.3) is 0 Å².